The molecule has 1 aromatic carbocycles. The molecule has 2 aliphatic heterocycles. The van der Waals surface area contributed by atoms with E-state index >= 15 is 0 Å². The Morgan fingerprint density at radius 1 is 0.821 bits per heavy atom. The van der Waals surface area contributed by atoms with Gasteiger partial charge in [-0.1, -0.05) is 30.4 Å². The van der Waals surface area contributed by atoms with Gasteiger partial charge in [0.1, 0.15) is 6.54 Å². The number of imide groups is 1. The number of piperazine rings is 1. The predicted octanol–water partition coefficient (Wildman–Crippen LogP) is 0.922. The van der Waals surface area contributed by atoms with E-state index in [0.29, 0.717) is 44.6 Å². The van der Waals surface area contributed by atoms with E-state index in [-0.39, 0.29) is 42.0 Å². The molecule has 2 saturated heterocycles. The van der Waals surface area contributed by atoms with Gasteiger partial charge in [-0.15, -0.1) is 0 Å². The average Bonchev–Trinajstić information content (AvgIpc) is 2.99. The highest BCUT2D eigenvalue weighted by atomic mass is 16.2. The minimum atomic E-state index is -0.314. The third-order valence-corrected chi connectivity index (χ3v) is 5.83. The van der Waals surface area contributed by atoms with Crippen LogP contribution in [0.15, 0.2) is 42.5 Å². The maximum absolute atomic E-state index is 12.7. The minimum absolute atomic E-state index is 0.0471. The maximum atomic E-state index is 12.7. The van der Waals surface area contributed by atoms with Crippen molar-refractivity contribution in [2.24, 2.45) is 11.8 Å². The normalized spacial score (nSPS) is 24.5. The first kappa shape index (κ1) is 18.4. The Kier molecular flexibility index (Phi) is 4.98. The Balaban J connectivity index is 1.33. The second kappa shape index (κ2) is 7.58. The topological polar surface area (TPSA) is 78.0 Å². The molecule has 0 saturated carbocycles. The molecule has 0 bridgehead atoms. The van der Waals surface area contributed by atoms with Gasteiger partial charge in [0.2, 0.25) is 17.7 Å². The molecule has 1 aromatic rings. The van der Waals surface area contributed by atoms with Gasteiger partial charge < -0.3 is 9.80 Å². The highest BCUT2D eigenvalue weighted by Gasteiger charge is 2.48. The van der Waals surface area contributed by atoms with Crippen molar-refractivity contribution in [1.29, 1.82) is 0 Å². The lowest BCUT2D eigenvalue weighted by atomic mass is 9.85. The maximum Gasteiger partial charge on any atom is 0.253 e. The van der Waals surface area contributed by atoms with E-state index in [1.807, 2.05) is 30.4 Å². The SMILES string of the molecule is O=C(CN1C(=O)C2CC=CCC2C1=O)N1CCN(C(=O)c2ccccc2)CC1. The van der Waals surface area contributed by atoms with Gasteiger partial charge in [0.25, 0.3) is 5.91 Å². The van der Waals surface area contributed by atoms with Gasteiger partial charge >= 0.3 is 0 Å². The second-order valence-corrected chi connectivity index (χ2v) is 7.46. The zero-order valence-corrected chi connectivity index (χ0v) is 15.6. The van der Waals surface area contributed by atoms with E-state index in [2.05, 4.69) is 0 Å². The van der Waals surface area contributed by atoms with Gasteiger partial charge in [-0.25, -0.2) is 0 Å². The lowest BCUT2D eigenvalue weighted by molar-refractivity contribution is -0.147. The summed E-state index contributed by atoms with van der Waals surface area (Å²) < 4.78 is 0. The number of amides is 4. The van der Waals surface area contributed by atoms with E-state index < -0.39 is 0 Å². The second-order valence-electron chi connectivity index (χ2n) is 7.46. The van der Waals surface area contributed by atoms with Gasteiger partial charge in [-0.05, 0) is 25.0 Å². The van der Waals surface area contributed by atoms with E-state index in [9.17, 15) is 19.2 Å². The molecular weight excluding hydrogens is 358 g/mol. The highest BCUT2D eigenvalue weighted by molar-refractivity contribution is 6.07. The van der Waals surface area contributed by atoms with Crippen molar-refractivity contribution in [3.8, 4) is 0 Å². The Bertz CT molecular complexity index is 801. The van der Waals surface area contributed by atoms with Crippen LogP contribution < -0.4 is 0 Å². The first-order valence-electron chi connectivity index (χ1n) is 9.68. The lowest BCUT2D eigenvalue weighted by Crippen LogP contribution is -2.53. The van der Waals surface area contributed by atoms with E-state index in [4.69, 9.17) is 0 Å². The van der Waals surface area contributed by atoms with Crippen LogP contribution in [0.25, 0.3) is 0 Å². The van der Waals surface area contributed by atoms with Crippen LogP contribution in [0.2, 0.25) is 0 Å². The Hall–Kier alpha value is -2.96. The van der Waals surface area contributed by atoms with Crippen molar-refractivity contribution >= 4 is 23.6 Å². The van der Waals surface area contributed by atoms with Crippen molar-refractivity contribution in [3.63, 3.8) is 0 Å². The van der Waals surface area contributed by atoms with Crippen LogP contribution in [-0.2, 0) is 14.4 Å². The molecule has 2 heterocycles. The number of hydrogen-bond acceptors (Lipinski definition) is 4. The average molecular weight is 381 g/mol. The summed E-state index contributed by atoms with van der Waals surface area (Å²) in [5, 5.41) is 0. The van der Waals surface area contributed by atoms with Crippen LogP contribution in [0, 0.1) is 11.8 Å². The number of likely N-dealkylation sites (tertiary alicyclic amines) is 1. The smallest absolute Gasteiger partial charge is 0.253 e. The molecule has 4 rings (SSSR count). The number of rotatable bonds is 3. The Morgan fingerprint density at radius 2 is 1.36 bits per heavy atom. The van der Waals surface area contributed by atoms with Crippen molar-refractivity contribution in [2.45, 2.75) is 12.8 Å². The quantitative estimate of drug-likeness (QED) is 0.576. The van der Waals surface area contributed by atoms with Crippen LogP contribution in [0.1, 0.15) is 23.2 Å². The van der Waals surface area contributed by atoms with Crippen molar-refractivity contribution in [2.75, 3.05) is 32.7 Å². The number of fused-ring (bicyclic) bond motifs is 1. The molecular formula is C21H23N3O4. The largest absolute Gasteiger partial charge is 0.338 e. The number of allylic oxidation sites excluding steroid dienone is 2. The lowest BCUT2D eigenvalue weighted by Gasteiger charge is -2.35. The molecule has 2 atom stereocenters. The Morgan fingerprint density at radius 3 is 1.93 bits per heavy atom. The number of carbonyl (C=O) groups is 4. The minimum Gasteiger partial charge on any atom is -0.338 e. The molecule has 2 unspecified atom stereocenters. The van der Waals surface area contributed by atoms with E-state index in [1.165, 1.54) is 0 Å². The first-order valence-corrected chi connectivity index (χ1v) is 9.68. The molecule has 4 amide bonds. The summed E-state index contributed by atoms with van der Waals surface area (Å²) >= 11 is 0. The van der Waals surface area contributed by atoms with Crippen LogP contribution in [0.3, 0.4) is 0 Å². The summed E-state index contributed by atoms with van der Waals surface area (Å²) in [5.74, 6) is -1.37. The fourth-order valence-electron chi connectivity index (χ4n) is 4.18. The molecule has 7 heteroatoms. The summed E-state index contributed by atoms with van der Waals surface area (Å²) in [4.78, 5) is 54.7. The number of carbonyl (C=O) groups excluding carboxylic acids is 4. The summed E-state index contributed by atoms with van der Waals surface area (Å²) in [5.41, 5.74) is 0.631. The standard InChI is InChI=1S/C21H23N3O4/c25-18(14-24-20(27)16-8-4-5-9-17(16)21(24)28)22-10-12-23(13-11-22)19(26)15-6-2-1-3-7-15/h1-7,16-17H,8-14H2. The summed E-state index contributed by atoms with van der Waals surface area (Å²) in [7, 11) is 0. The van der Waals surface area contributed by atoms with Gasteiger partial charge in [0.15, 0.2) is 0 Å². The zero-order valence-electron chi connectivity index (χ0n) is 15.6. The van der Waals surface area contributed by atoms with Gasteiger partial charge in [0.05, 0.1) is 11.8 Å². The first-order chi connectivity index (χ1) is 13.6. The van der Waals surface area contributed by atoms with Crippen molar-refractivity contribution < 1.29 is 19.2 Å². The van der Waals surface area contributed by atoms with Gasteiger partial charge in [0, 0.05) is 31.7 Å². The molecule has 146 valence electrons. The number of benzene rings is 1. The zero-order chi connectivity index (χ0) is 19.7. The van der Waals surface area contributed by atoms with Crippen LogP contribution in [-0.4, -0.2) is 71.1 Å². The van der Waals surface area contributed by atoms with Gasteiger partial charge in [-0.2, -0.15) is 0 Å². The van der Waals surface area contributed by atoms with Gasteiger partial charge in [-0.3, -0.25) is 24.1 Å². The third kappa shape index (κ3) is 3.32. The summed E-state index contributed by atoms with van der Waals surface area (Å²) in [6.07, 6.45) is 5.00. The molecule has 3 aliphatic rings. The molecule has 0 spiro atoms. The fourth-order valence-corrected chi connectivity index (χ4v) is 4.18. The summed E-state index contributed by atoms with van der Waals surface area (Å²) in [6, 6.07) is 9.06. The van der Waals surface area contributed by atoms with Crippen LogP contribution in [0.4, 0.5) is 0 Å². The van der Waals surface area contributed by atoms with Crippen molar-refractivity contribution in [1.82, 2.24) is 14.7 Å². The highest BCUT2D eigenvalue weighted by Crippen LogP contribution is 2.34. The monoisotopic (exact) mass is 381 g/mol. The molecule has 1 aliphatic carbocycles. The third-order valence-electron chi connectivity index (χ3n) is 5.83. The van der Waals surface area contributed by atoms with E-state index in [0.717, 1.165) is 4.90 Å². The molecule has 0 radical (unpaired) electrons. The Labute approximate surface area is 163 Å². The van der Waals surface area contributed by atoms with Crippen LogP contribution in [0.5, 0.6) is 0 Å². The number of nitrogens with zero attached hydrogens (tertiary/aromatic N) is 3. The fraction of sp³-hybridized carbons (Fsp3) is 0.429. The molecule has 0 N–H and O–H groups in total. The molecule has 7 nitrogen and oxygen atoms in total. The molecule has 28 heavy (non-hydrogen) atoms. The summed E-state index contributed by atoms with van der Waals surface area (Å²) in [6.45, 7) is 1.49. The van der Waals surface area contributed by atoms with Crippen molar-refractivity contribution in [3.05, 3.63) is 48.0 Å². The molecule has 0 aromatic heterocycles. The number of hydrogen-bond donors (Lipinski definition) is 0. The van der Waals surface area contributed by atoms with Crippen LogP contribution >= 0.6 is 0 Å². The van der Waals surface area contributed by atoms with E-state index in [1.54, 1.807) is 21.9 Å². The predicted molar refractivity (Wildman–Crippen MR) is 101 cm³/mol. The molecule has 2 fully saturated rings.